The lowest BCUT2D eigenvalue weighted by atomic mass is 10.0. The maximum atomic E-state index is 11.4. The number of thiocarbonyl (C=S) groups is 1. The molecular formula is C17H16N2O3S. The molecule has 0 unspecified atom stereocenters. The van der Waals surface area contributed by atoms with Crippen LogP contribution in [0.5, 0.6) is 5.75 Å². The molecule has 0 atom stereocenters. The Balaban J connectivity index is 2.48. The highest BCUT2D eigenvalue weighted by atomic mass is 32.1. The molecule has 0 heterocycles. The Hall–Kier alpha value is -2.73. The van der Waals surface area contributed by atoms with Crippen LogP contribution in [-0.2, 0) is 0 Å². The molecule has 0 amide bonds. The van der Waals surface area contributed by atoms with E-state index in [4.69, 9.17) is 12.2 Å². The van der Waals surface area contributed by atoms with E-state index in [0.717, 1.165) is 5.56 Å². The van der Waals surface area contributed by atoms with Crippen LogP contribution in [0.15, 0.2) is 42.5 Å². The first-order chi connectivity index (χ1) is 10.9. The van der Waals surface area contributed by atoms with Gasteiger partial charge in [0.1, 0.15) is 16.3 Å². The van der Waals surface area contributed by atoms with E-state index in [1.165, 1.54) is 12.1 Å². The van der Waals surface area contributed by atoms with E-state index in [-0.39, 0.29) is 22.0 Å². The van der Waals surface area contributed by atoms with Crippen LogP contribution in [-0.4, -0.2) is 15.0 Å². The van der Waals surface area contributed by atoms with E-state index in [1.807, 2.05) is 31.2 Å². The topological polar surface area (TPSA) is 75.4 Å². The quantitative estimate of drug-likeness (QED) is 0.493. The summed E-state index contributed by atoms with van der Waals surface area (Å²) in [6, 6.07) is 10.3. The van der Waals surface area contributed by atoms with Crippen molar-refractivity contribution < 1.29 is 10.0 Å². The predicted octanol–water partition coefficient (Wildman–Crippen LogP) is 4.43. The second kappa shape index (κ2) is 7.02. The van der Waals surface area contributed by atoms with E-state index >= 15 is 0 Å². The Labute approximate surface area is 139 Å². The number of aromatic hydroxyl groups is 1. The number of nitro groups is 1. The van der Waals surface area contributed by atoms with Gasteiger partial charge in [0.2, 0.25) is 0 Å². The number of nitrogens with zero attached hydrogens (tertiary/aromatic N) is 1. The van der Waals surface area contributed by atoms with Crippen molar-refractivity contribution >= 4 is 34.7 Å². The second-order valence-corrected chi connectivity index (χ2v) is 5.38. The van der Waals surface area contributed by atoms with Crippen molar-refractivity contribution in [2.75, 3.05) is 5.32 Å². The number of nitrogens with one attached hydrogen (secondary N) is 1. The minimum Gasteiger partial charge on any atom is -0.507 e. The van der Waals surface area contributed by atoms with E-state index < -0.39 is 4.92 Å². The first-order valence-corrected chi connectivity index (χ1v) is 7.36. The first-order valence-electron chi connectivity index (χ1n) is 6.95. The van der Waals surface area contributed by atoms with Crippen molar-refractivity contribution in [2.24, 2.45) is 0 Å². The third-order valence-corrected chi connectivity index (χ3v) is 3.56. The fraction of sp³-hybridized carbons (Fsp3) is 0.118. The van der Waals surface area contributed by atoms with Crippen LogP contribution in [0.25, 0.3) is 6.08 Å². The van der Waals surface area contributed by atoms with Crippen LogP contribution < -0.4 is 5.32 Å². The van der Waals surface area contributed by atoms with Crippen LogP contribution in [0.2, 0.25) is 0 Å². The fourth-order valence-corrected chi connectivity index (χ4v) is 2.48. The van der Waals surface area contributed by atoms with Gasteiger partial charge < -0.3 is 10.4 Å². The molecule has 0 bridgehead atoms. The molecule has 0 radical (unpaired) electrons. The normalized spacial score (nSPS) is 10.7. The monoisotopic (exact) mass is 328 g/mol. The zero-order valence-corrected chi connectivity index (χ0v) is 13.6. The van der Waals surface area contributed by atoms with Gasteiger partial charge in [-0.05, 0) is 38.1 Å². The van der Waals surface area contributed by atoms with Gasteiger partial charge in [-0.25, -0.2) is 0 Å². The number of benzene rings is 2. The summed E-state index contributed by atoms with van der Waals surface area (Å²) in [4.78, 5) is 11.0. The highest BCUT2D eigenvalue weighted by Gasteiger charge is 2.25. The molecule has 0 aliphatic heterocycles. The van der Waals surface area contributed by atoms with Crippen LogP contribution in [0, 0.1) is 17.0 Å². The first kappa shape index (κ1) is 16.6. The fourth-order valence-electron chi connectivity index (χ4n) is 2.16. The van der Waals surface area contributed by atoms with Crippen molar-refractivity contribution in [2.45, 2.75) is 13.8 Å². The Morgan fingerprint density at radius 2 is 1.91 bits per heavy atom. The largest absolute Gasteiger partial charge is 0.507 e. The van der Waals surface area contributed by atoms with Crippen LogP contribution in [0.4, 0.5) is 11.4 Å². The Bertz CT molecular complexity index is 783. The summed E-state index contributed by atoms with van der Waals surface area (Å²) in [5.74, 6) is -0.227. The summed E-state index contributed by atoms with van der Waals surface area (Å²) in [7, 11) is 0. The number of rotatable bonds is 4. The maximum Gasteiger partial charge on any atom is 0.290 e. The molecule has 5 nitrogen and oxygen atoms in total. The maximum absolute atomic E-state index is 11.4. The van der Waals surface area contributed by atoms with E-state index in [1.54, 1.807) is 19.1 Å². The molecule has 0 aliphatic rings. The van der Waals surface area contributed by atoms with Crippen molar-refractivity contribution in [3.05, 3.63) is 69.3 Å². The lowest BCUT2D eigenvalue weighted by molar-refractivity contribution is -0.385. The Morgan fingerprint density at radius 1 is 1.26 bits per heavy atom. The Kier molecular flexibility index (Phi) is 5.08. The molecule has 2 N–H and O–H groups in total. The summed E-state index contributed by atoms with van der Waals surface area (Å²) < 4.78 is 0. The molecule has 0 aliphatic carbocycles. The second-order valence-electron chi connectivity index (χ2n) is 4.97. The summed E-state index contributed by atoms with van der Waals surface area (Å²) in [6.07, 6.45) is 3.30. The lowest BCUT2D eigenvalue weighted by Gasteiger charge is -2.12. The number of hydrogen-bond donors (Lipinski definition) is 2. The molecule has 0 saturated carbocycles. The predicted molar refractivity (Wildman–Crippen MR) is 96.0 cm³/mol. The van der Waals surface area contributed by atoms with Gasteiger partial charge in [0, 0.05) is 5.69 Å². The molecule has 2 aromatic carbocycles. The average molecular weight is 328 g/mol. The zero-order valence-electron chi connectivity index (χ0n) is 12.7. The number of allylic oxidation sites excluding steroid dienone is 1. The smallest absolute Gasteiger partial charge is 0.290 e. The van der Waals surface area contributed by atoms with Gasteiger partial charge >= 0.3 is 0 Å². The number of aryl methyl sites for hydroxylation is 1. The summed E-state index contributed by atoms with van der Waals surface area (Å²) in [5, 5.41) is 24.4. The third-order valence-electron chi connectivity index (χ3n) is 3.25. The number of nitro benzene ring substituents is 1. The minimum atomic E-state index is -0.534. The van der Waals surface area contributed by atoms with Gasteiger partial charge in [0.15, 0.2) is 0 Å². The molecule has 0 spiro atoms. The highest BCUT2D eigenvalue weighted by Crippen LogP contribution is 2.33. The summed E-state index contributed by atoms with van der Waals surface area (Å²) in [5.41, 5.74) is 1.98. The van der Waals surface area contributed by atoms with Crippen LogP contribution in [0.3, 0.4) is 0 Å². The van der Waals surface area contributed by atoms with Crippen molar-refractivity contribution in [1.82, 2.24) is 0 Å². The van der Waals surface area contributed by atoms with E-state index in [2.05, 4.69) is 5.32 Å². The number of phenols is 1. The zero-order chi connectivity index (χ0) is 17.0. The third kappa shape index (κ3) is 3.73. The van der Waals surface area contributed by atoms with E-state index in [0.29, 0.717) is 11.3 Å². The van der Waals surface area contributed by atoms with Crippen molar-refractivity contribution in [1.29, 1.82) is 0 Å². The standard InChI is InChI=1S/C17H16N2O3S/c1-3-4-12-7-10-14(20)15(16(12)19(21)22)17(23)18-13-8-5-11(2)6-9-13/h3-10,20H,1-2H3,(H,18,23). The van der Waals surface area contributed by atoms with Gasteiger partial charge in [-0.1, -0.05) is 42.1 Å². The summed E-state index contributed by atoms with van der Waals surface area (Å²) in [6.45, 7) is 3.72. The van der Waals surface area contributed by atoms with Gasteiger partial charge in [0.05, 0.1) is 10.5 Å². The molecule has 0 fully saturated rings. The highest BCUT2D eigenvalue weighted by molar-refractivity contribution is 7.81. The van der Waals surface area contributed by atoms with Crippen molar-refractivity contribution in [3.63, 3.8) is 0 Å². The number of hydrogen-bond acceptors (Lipinski definition) is 4. The summed E-state index contributed by atoms with van der Waals surface area (Å²) >= 11 is 5.27. The van der Waals surface area contributed by atoms with Crippen LogP contribution >= 0.6 is 12.2 Å². The van der Waals surface area contributed by atoms with Crippen LogP contribution in [0.1, 0.15) is 23.6 Å². The number of phenolic OH excluding ortho intramolecular Hbond substituents is 1. The van der Waals surface area contributed by atoms with Gasteiger partial charge in [-0.15, -0.1) is 0 Å². The molecule has 2 aromatic rings. The van der Waals surface area contributed by atoms with Gasteiger partial charge in [-0.2, -0.15) is 0 Å². The molecular weight excluding hydrogens is 312 g/mol. The molecule has 6 heteroatoms. The average Bonchev–Trinajstić information content (AvgIpc) is 2.50. The molecule has 118 valence electrons. The SMILES string of the molecule is CC=Cc1ccc(O)c(C(=S)Nc2ccc(C)cc2)c1[N+](=O)[O-]. The number of anilines is 1. The Morgan fingerprint density at radius 3 is 2.48 bits per heavy atom. The minimum absolute atomic E-state index is 0.0150. The van der Waals surface area contributed by atoms with Gasteiger partial charge in [-0.3, -0.25) is 10.1 Å². The molecule has 0 saturated heterocycles. The lowest BCUT2D eigenvalue weighted by Crippen LogP contribution is -2.13. The van der Waals surface area contributed by atoms with Gasteiger partial charge in [0.25, 0.3) is 5.69 Å². The van der Waals surface area contributed by atoms with Crippen molar-refractivity contribution in [3.8, 4) is 5.75 Å². The molecule has 2 rings (SSSR count). The molecule has 23 heavy (non-hydrogen) atoms. The molecule has 0 aromatic heterocycles. The van der Waals surface area contributed by atoms with E-state index in [9.17, 15) is 15.2 Å².